The molecule has 2 unspecified atom stereocenters. The van der Waals surface area contributed by atoms with Crippen LogP contribution in [0.2, 0.25) is 0 Å². The summed E-state index contributed by atoms with van der Waals surface area (Å²) in [6.07, 6.45) is -8.44. The quantitative estimate of drug-likeness (QED) is 0.498. The molecule has 0 aromatic rings. The van der Waals surface area contributed by atoms with E-state index in [1.807, 2.05) is 0 Å². The molecule has 1 N–H and O–H groups in total. The van der Waals surface area contributed by atoms with Gasteiger partial charge in [-0.05, 0) is 6.42 Å². The Morgan fingerprint density at radius 3 is 1.73 bits per heavy atom. The van der Waals surface area contributed by atoms with Crippen LogP contribution in [-0.4, -0.2) is 23.9 Å². The average Bonchev–Trinajstić information content (AvgIpc) is 2.57. The zero-order chi connectivity index (χ0) is 11.5. The third-order valence-corrected chi connectivity index (χ3v) is 2.95. The minimum absolute atomic E-state index is 0.140. The molecular weight excluding hydrogens is 224 g/mol. The summed E-state index contributed by atoms with van der Waals surface area (Å²) in [5.41, 5.74) is -3.75. The fourth-order valence-electron chi connectivity index (χ4n) is 2.27. The molecule has 86 valence electrons. The van der Waals surface area contributed by atoms with Gasteiger partial charge in [-0.25, -0.2) is 0 Å². The third-order valence-electron chi connectivity index (χ3n) is 2.95. The van der Waals surface area contributed by atoms with Crippen molar-refractivity contribution in [2.45, 2.75) is 30.4 Å². The van der Waals surface area contributed by atoms with Crippen LogP contribution >= 0.6 is 0 Å². The largest absolute Gasteiger partial charge is 0.416 e. The van der Waals surface area contributed by atoms with Crippen molar-refractivity contribution in [3.8, 4) is 0 Å². The summed E-state index contributed by atoms with van der Waals surface area (Å²) in [7, 11) is 0. The van der Waals surface area contributed by atoms with Crippen molar-refractivity contribution in [2.75, 3.05) is 0 Å². The Balaban J connectivity index is 2.47. The first-order valence-corrected chi connectivity index (χ1v) is 4.28. The summed E-state index contributed by atoms with van der Waals surface area (Å²) in [6, 6.07) is -0.821. The first-order valence-electron chi connectivity index (χ1n) is 4.28. The van der Waals surface area contributed by atoms with Crippen molar-refractivity contribution in [3.63, 3.8) is 0 Å². The molecule has 1 aliphatic carbocycles. The second-order valence-corrected chi connectivity index (χ2v) is 3.78. The topological polar surface area (TPSA) is 12.0 Å². The summed E-state index contributed by atoms with van der Waals surface area (Å²) >= 11 is 0. The second-order valence-electron chi connectivity index (χ2n) is 3.78. The molecule has 1 heterocycles. The van der Waals surface area contributed by atoms with Gasteiger partial charge in [0.15, 0.2) is 0 Å². The fraction of sp³-hybridized carbons (Fsp3) is 0.750. The van der Waals surface area contributed by atoms with Gasteiger partial charge in [-0.3, -0.25) is 5.32 Å². The van der Waals surface area contributed by atoms with E-state index in [4.69, 9.17) is 0 Å². The Bertz CT molecular complexity index is 287. The number of fused-ring (bicyclic) bond motifs is 2. The van der Waals surface area contributed by atoms with Gasteiger partial charge in [-0.1, -0.05) is 12.2 Å². The first kappa shape index (κ1) is 10.8. The maximum Gasteiger partial charge on any atom is 0.416 e. The van der Waals surface area contributed by atoms with Gasteiger partial charge < -0.3 is 0 Å². The molecule has 7 heteroatoms. The molecule has 0 amide bonds. The first-order chi connectivity index (χ1) is 6.68. The molecule has 0 aromatic carbocycles. The van der Waals surface area contributed by atoms with Gasteiger partial charge in [-0.15, -0.1) is 0 Å². The molecule has 1 fully saturated rings. The van der Waals surface area contributed by atoms with Crippen LogP contribution in [0.4, 0.5) is 26.3 Å². The third kappa shape index (κ3) is 1.22. The summed E-state index contributed by atoms with van der Waals surface area (Å²) in [5, 5.41) is 1.65. The van der Waals surface area contributed by atoms with E-state index in [0.29, 0.717) is 0 Å². The molecule has 2 aliphatic rings. The number of alkyl halides is 6. The van der Waals surface area contributed by atoms with Gasteiger partial charge in [0.05, 0.1) is 0 Å². The number of halogens is 6. The van der Waals surface area contributed by atoms with Crippen LogP contribution < -0.4 is 5.32 Å². The highest BCUT2D eigenvalue weighted by Crippen LogP contribution is 2.54. The fourth-order valence-corrected chi connectivity index (χ4v) is 2.27. The Kier molecular flexibility index (Phi) is 1.94. The number of nitrogens with one attached hydrogen (secondary N) is 1. The van der Waals surface area contributed by atoms with Crippen molar-refractivity contribution in [1.82, 2.24) is 5.32 Å². The van der Waals surface area contributed by atoms with Gasteiger partial charge in [0.1, 0.15) is 0 Å². The van der Waals surface area contributed by atoms with Crippen LogP contribution in [0, 0.1) is 5.92 Å². The van der Waals surface area contributed by atoms with Crippen LogP contribution in [0.25, 0.3) is 0 Å². The molecule has 1 saturated heterocycles. The monoisotopic (exact) mass is 231 g/mol. The molecule has 15 heavy (non-hydrogen) atoms. The Morgan fingerprint density at radius 2 is 1.53 bits per heavy atom. The highest BCUT2D eigenvalue weighted by molar-refractivity contribution is 5.26. The van der Waals surface area contributed by atoms with Crippen molar-refractivity contribution in [1.29, 1.82) is 0 Å². The van der Waals surface area contributed by atoms with E-state index in [0.717, 1.165) is 6.08 Å². The number of rotatable bonds is 0. The summed E-state index contributed by atoms with van der Waals surface area (Å²) in [4.78, 5) is 0. The summed E-state index contributed by atoms with van der Waals surface area (Å²) < 4.78 is 75.3. The normalized spacial score (nSPS) is 33.7. The second kappa shape index (κ2) is 2.69. The smallest absolute Gasteiger partial charge is 0.289 e. The van der Waals surface area contributed by atoms with E-state index in [1.54, 1.807) is 5.32 Å². The van der Waals surface area contributed by atoms with Crippen LogP contribution in [0.5, 0.6) is 0 Å². The molecule has 1 nitrogen and oxygen atoms in total. The van der Waals surface area contributed by atoms with E-state index < -0.39 is 29.9 Å². The van der Waals surface area contributed by atoms with Crippen LogP contribution in [0.1, 0.15) is 6.42 Å². The van der Waals surface area contributed by atoms with E-state index in [-0.39, 0.29) is 6.42 Å². The van der Waals surface area contributed by atoms with Gasteiger partial charge in [-0.2, -0.15) is 26.3 Å². The molecular formula is C8H7F6N. The van der Waals surface area contributed by atoms with Gasteiger partial charge in [0, 0.05) is 12.0 Å². The Hall–Kier alpha value is -0.720. The highest BCUT2D eigenvalue weighted by Gasteiger charge is 2.77. The zero-order valence-corrected chi connectivity index (χ0v) is 7.28. The maximum absolute atomic E-state index is 12.6. The zero-order valence-electron chi connectivity index (χ0n) is 7.28. The van der Waals surface area contributed by atoms with E-state index >= 15 is 0 Å². The van der Waals surface area contributed by atoms with Crippen molar-refractivity contribution in [2.24, 2.45) is 5.92 Å². The highest BCUT2D eigenvalue weighted by atomic mass is 19.4. The molecule has 0 spiro atoms. The van der Waals surface area contributed by atoms with Crippen molar-refractivity contribution in [3.05, 3.63) is 12.2 Å². The summed E-state index contributed by atoms with van der Waals surface area (Å²) in [5.74, 6) is -1.54. The lowest BCUT2D eigenvalue weighted by Gasteiger charge is -2.39. The number of hydrogen-bond donors (Lipinski definition) is 1. The number of hydrogen-bond acceptors (Lipinski definition) is 1. The van der Waals surface area contributed by atoms with E-state index in [1.165, 1.54) is 6.08 Å². The minimum atomic E-state index is -5.32. The maximum atomic E-state index is 12.6. The lowest BCUT2D eigenvalue weighted by Crippen LogP contribution is -2.67. The SMILES string of the molecule is FC(F)(F)C1(C(F)(F)F)NC2C=CC1C2. The summed E-state index contributed by atoms with van der Waals surface area (Å²) in [6.45, 7) is 0. The van der Waals surface area contributed by atoms with Crippen LogP contribution in [-0.2, 0) is 0 Å². The molecule has 2 bridgehead atoms. The minimum Gasteiger partial charge on any atom is -0.289 e. The predicted molar refractivity (Wildman–Crippen MR) is 39.0 cm³/mol. The molecule has 0 saturated carbocycles. The molecule has 1 aliphatic heterocycles. The molecule has 2 rings (SSSR count). The van der Waals surface area contributed by atoms with Crippen molar-refractivity contribution < 1.29 is 26.3 Å². The van der Waals surface area contributed by atoms with Gasteiger partial charge in [0.25, 0.3) is 0 Å². The lowest BCUT2D eigenvalue weighted by molar-refractivity contribution is -0.312. The average molecular weight is 231 g/mol. The predicted octanol–water partition coefficient (Wildman–Crippen LogP) is 2.40. The Labute approximate surface area is 81.1 Å². The van der Waals surface area contributed by atoms with Crippen molar-refractivity contribution >= 4 is 0 Å². The van der Waals surface area contributed by atoms with E-state index in [9.17, 15) is 26.3 Å². The van der Waals surface area contributed by atoms with E-state index in [2.05, 4.69) is 0 Å². The molecule has 2 atom stereocenters. The molecule has 0 aromatic heterocycles. The lowest BCUT2D eigenvalue weighted by atomic mass is 9.84. The van der Waals surface area contributed by atoms with Gasteiger partial charge >= 0.3 is 12.4 Å². The van der Waals surface area contributed by atoms with Crippen LogP contribution in [0.3, 0.4) is 0 Å². The van der Waals surface area contributed by atoms with Crippen LogP contribution in [0.15, 0.2) is 12.2 Å². The molecule has 0 radical (unpaired) electrons. The van der Waals surface area contributed by atoms with Gasteiger partial charge in [0.2, 0.25) is 5.54 Å². The Morgan fingerprint density at radius 1 is 1.00 bits per heavy atom. The standard InChI is InChI=1S/C8H7F6N/c9-7(10,11)6(8(12,13)14)4-1-2-5(3-4)15-6/h1-2,4-5,15H,3H2.